The summed E-state index contributed by atoms with van der Waals surface area (Å²) in [7, 11) is -3.33. The first-order valence-corrected chi connectivity index (χ1v) is 11.9. The molecule has 1 aliphatic rings. The van der Waals surface area contributed by atoms with Crippen molar-refractivity contribution in [3.8, 4) is 0 Å². The minimum atomic E-state index is -3.33. The average Bonchev–Trinajstić information content (AvgIpc) is 3.32. The van der Waals surface area contributed by atoms with Crippen molar-refractivity contribution in [1.29, 1.82) is 0 Å². The predicted octanol–water partition coefficient (Wildman–Crippen LogP) is 4.46. The van der Waals surface area contributed by atoms with Crippen molar-refractivity contribution >= 4 is 50.1 Å². The Labute approximate surface area is 173 Å². The van der Waals surface area contributed by atoms with Crippen molar-refractivity contribution in [2.45, 2.75) is 42.0 Å². The Bertz CT molecular complexity index is 1030. The molecule has 0 saturated heterocycles. The first-order chi connectivity index (χ1) is 13.4. The molecule has 0 aliphatic heterocycles. The standard InChI is InChI=1S/C19H20ClN3O3S2/c20-13-7-8-14-12(10-13)11-17(21-14)19(24)22-15-4-1-2-5-16(15)23-28(25,26)18-6-3-9-27-18/h3,6-11,15-16H,1-2,4-5H2,(H3-,21,22,23,24,25,26)/p+1/t15?,16-/m1/s1. The van der Waals surface area contributed by atoms with Crippen LogP contribution < -0.4 is 10.0 Å². The molecule has 4 N–H and O–H groups in total. The van der Waals surface area contributed by atoms with Crippen LogP contribution in [0.25, 0.3) is 10.9 Å². The third-order valence-electron chi connectivity index (χ3n) is 4.99. The Morgan fingerprint density at radius 3 is 2.75 bits per heavy atom. The molecule has 9 heteroatoms. The molecule has 1 fully saturated rings. The lowest BCUT2D eigenvalue weighted by atomic mass is 9.91. The summed E-state index contributed by atoms with van der Waals surface area (Å²) in [6.07, 6.45) is 3.41. The molecule has 1 amide bonds. The van der Waals surface area contributed by atoms with Crippen LogP contribution in [0.4, 0.5) is 0 Å². The fourth-order valence-electron chi connectivity index (χ4n) is 3.60. The average molecular weight is 439 g/mol. The minimum Gasteiger partial charge on any atom is -0.351 e. The van der Waals surface area contributed by atoms with E-state index in [1.807, 2.05) is 6.07 Å². The number of H-pyrrole nitrogens is 1. The van der Waals surface area contributed by atoms with Crippen LogP contribution in [0.1, 0.15) is 36.2 Å². The molecule has 2 heterocycles. The topological polar surface area (TPSA) is 94.2 Å². The first kappa shape index (κ1) is 19.6. The van der Waals surface area contributed by atoms with Gasteiger partial charge in [0.05, 0.1) is 6.04 Å². The number of hydrogen-bond donors (Lipinski definition) is 4. The minimum absolute atomic E-state index is 0.218. The summed E-state index contributed by atoms with van der Waals surface area (Å²) in [6.45, 7) is 0. The van der Waals surface area contributed by atoms with Crippen LogP contribution >= 0.6 is 22.9 Å². The third kappa shape index (κ3) is 4.16. The van der Waals surface area contributed by atoms with E-state index in [1.54, 1.807) is 35.7 Å². The number of nitrogens with one attached hydrogen (secondary N) is 3. The monoisotopic (exact) mass is 438 g/mol. The van der Waals surface area contributed by atoms with Crippen molar-refractivity contribution in [3.63, 3.8) is 0 Å². The quantitative estimate of drug-likeness (QED) is 0.443. The zero-order chi connectivity index (χ0) is 19.7. The lowest BCUT2D eigenvalue weighted by Crippen LogP contribution is -2.54. The highest BCUT2D eigenvalue weighted by atomic mass is 35.5. The van der Waals surface area contributed by atoms with Gasteiger partial charge in [-0.3, -0.25) is 4.79 Å². The maximum Gasteiger partial charge on any atom is 0.333 e. The van der Waals surface area contributed by atoms with E-state index in [0.29, 0.717) is 14.9 Å². The van der Waals surface area contributed by atoms with Crippen LogP contribution in [0, 0.1) is 0 Å². The number of rotatable bonds is 5. The van der Waals surface area contributed by atoms with Gasteiger partial charge in [-0.1, -0.05) is 40.5 Å². The Hall–Kier alpha value is -1.71. The van der Waals surface area contributed by atoms with Gasteiger partial charge in [-0.15, -0.1) is 0 Å². The number of benzene rings is 1. The van der Waals surface area contributed by atoms with E-state index in [0.717, 1.165) is 36.6 Å². The Balaban J connectivity index is 1.49. The van der Waals surface area contributed by atoms with Crippen molar-refractivity contribution in [2.24, 2.45) is 0 Å². The molecular formula is C19H21ClN3O3S2+. The lowest BCUT2D eigenvalue weighted by molar-refractivity contribution is 0.0914. The molecule has 4 rings (SSSR count). The Morgan fingerprint density at radius 1 is 1.21 bits per heavy atom. The van der Waals surface area contributed by atoms with Gasteiger partial charge in [0.15, 0.2) is 0 Å². The maximum atomic E-state index is 12.8. The van der Waals surface area contributed by atoms with Crippen molar-refractivity contribution in [1.82, 2.24) is 15.0 Å². The molecule has 1 aliphatic carbocycles. The van der Waals surface area contributed by atoms with Gasteiger partial charge in [0.25, 0.3) is 10.1 Å². The predicted molar refractivity (Wildman–Crippen MR) is 113 cm³/mol. The van der Waals surface area contributed by atoms with Crippen LogP contribution in [0.5, 0.6) is 0 Å². The van der Waals surface area contributed by atoms with Gasteiger partial charge < -0.3 is 10.3 Å². The fraction of sp³-hybridized carbons (Fsp3) is 0.316. The van der Waals surface area contributed by atoms with Crippen LogP contribution in [-0.4, -0.2) is 27.5 Å². The molecule has 148 valence electrons. The molecule has 0 bridgehead atoms. The highest BCUT2D eigenvalue weighted by Gasteiger charge is 2.38. The van der Waals surface area contributed by atoms with E-state index in [2.05, 4.69) is 15.0 Å². The zero-order valence-corrected chi connectivity index (χ0v) is 17.4. The van der Waals surface area contributed by atoms with Gasteiger partial charge >= 0.3 is 10.4 Å². The van der Waals surface area contributed by atoms with E-state index in [4.69, 9.17) is 11.6 Å². The second-order valence-electron chi connectivity index (χ2n) is 6.96. The maximum absolute atomic E-state index is 12.8. The van der Waals surface area contributed by atoms with Gasteiger partial charge in [0.1, 0.15) is 5.69 Å². The van der Waals surface area contributed by atoms with Gasteiger partial charge in [0, 0.05) is 28.0 Å². The summed E-state index contributed by atoms with van der Waals surface area (Å²) in [5.41, 5.74) is 1.29. The number of halogens is 1. The Kier molecular flexibility index (Phi) is 5.57. The molecule has 3 aromatic rings. The normalized spacial score (nSPS) is 22.1. The number of carbonyl (C=O) groups is 1. The van der Waals surface area contributed by atoms with E-state index in [1.165, 1.54) is 11.3 Å². The second-order valence-corrected chi connectivity index (χ2v) is 10.3. The zero-order valence-electron chi connectivity index (χ0n) is 15.0. The Morgan fingerprint density at radius 2 is 2.00 bits per heavy atom. The largest absolute Gasteiger partial charge is 0.351 e. The smallest absolute Gasteiger partial charge is 0.333 e. The van der Waals surface area contributed by atoms with Gasteiger partial charge in [0.2, 0.25) is 0 Å². The highest BCUT2D eigenvalue weighted by Crippen LogP contribution is 2.26. The van der Waals surface area contributed by atoms with Crippen molar-refractivity contribution in [3.05, 3.63) is 52.5 Å². The molecule has 0 radical (unpaired) electrons. The summed E-state index contributed by atoms with van der Waals surface area (Å²) < 4.78 is 26.4. The van der Waals surface area contributed by atoms with Crippen molar-refractivity contribution < 1.29 is 13.6 Å². The summed E-state index contributed by atoms with van der Waals surface area (Å²) in [5.74, 6) is -0.230. The van der Waals surface area contributed by atoms with Gasteiger partial charge in [-0.2, -0.15) is 4.55 Å². The molecule has 0 spiro atoms. The second kappa shape index (κ2) is 7.96. The van der Waals surface area contributed by atoms with Crippen LogP contribution in [0.3, 0.4) is 0 Å². The van der Waals surface area contributed by atoms with E-state index in [9.17, 15) is 13.6 Å². The van der Waals surface area contributed by atoms with E-state index >= 15 is 0 Å². The van der Waals surface area contributed by atoms with E-state index in [-0.39, 0.29) is 18.0 Å². The van der Waals surface area contributed by atoms with Crippen LogP contribution in [0.15, 0.2) is 46.0 Å². The van der Waals surface area contributed by atoms with Crippen molar-refractivity contribution in [2.75, 3.05) is 0 Å². The summed E-state index contributed by atoms with van der Waals surface area (Å²) in [4.78, 5) is 15.9. The number of aromatic amines is 1. The number of carbonyl (C=O) groups excluding carboxylic acids is 1. The third-order valence-corrected chi connectivity index (χ3v) is 8.16. The molecule has 1 saturated carbocycles. The molecule has 6 nitrogen and oxygen atoms in total. The van der Waals surface area contributed by atoms with Gasteiger partial charge in [-0.05, 0) is 52.8 Å². The number of hydrogen-bond acceptors (Lipinski definition) is 3. The number of fused-ring (bicyclic) bond motifs is 1. The number of amides is 1. The summed E-state index contributed by atoms with van der Waals surface area (Å²) in [5, 5.41) is 6.28. The summed E-state index contributed by atoms with van der Waals surface area (Å²) >= 11 is 7.26. The lowest BCUT2D eigenvalue weighted by Gasteiger charge is -2.31. The molecule has 2 aromatic heterocycles. The summed E-state index contributed by atoms with van der Waals surface area (Å²) in [6, 6.07) is 10.1. The van der Waals surface area contributed by atoms with Crippen LogP contribution in [0.2, 0.25) is 5.02 Å². The number of aromatic nitrogens is 1. The molecule has 2 unspecified atom stereocenters. The molecule has 1 aromatic carbocycles. The van der Waals surface area contributed by atoms with Crippen LogP contribution in [-0.2, 0) is 14.6 Å². The molecule has 28 heavy (non-hydrogen) atoms. The van der Waals surface area contributed by atoms with Gasteiger partial charge in [-0.25, -0.2) is 0 Å². The molecule has 3 atom stereocenters. The number of thiophene rings is 1. The molecular weight excluding hydrogens is 418 g/mol. The van der Waals surface area contributed by atoms with E-state index < -0.39 is 10.4 Å². The fourth-order valence-corrected chi connectivity index (χ4v) is 6.13. The first-order valence-electron chi connectivity index (χ1n) is 9.09. The SMILES string of the molecule is O=C(NC1CCCC[C@H]1N[S+](=O)(O)c1cccs1)c1cc2cc(Cl)ccc2[nH]1. The highest BCUT2D eigenvalue weighted by molar-refractivity contribution is 7.97.